The van der Waals surface area contributed by atoms with Crippen molar-refractivity contribution in [3.05, 3.63) is 95.0 Å². The monoisotopic (exact) mass is 612 g/mol. The van der Waals surface area contributed by atoms with Crippen LogP contribution in [0, 0.1) is 6.92 Å². The number of amides is 3. The van der Waals surface area contributed by atoms with Crippen LogP contribution in [0.5, 0.6) is 0 Å². The van der Waals surface area contributed by atoms with Crippen molar-refractivity contribution in [2.75, 3.05) is 45.2 Å². The number of benzene rings is 3. The van der Waals surface area contributed by atoms with E-state index in [0.29, 0.717) is 43.2 Å². The number of nitrogens with zero attached hydrogens (tertiary/aromatic N) is 3. The van der Waals surface area contributed by atoms with E-state index < -0.39 is 10.0 Å². The Morgan fingerprint density at radius 3 is 2.33 bits per heavy atom. The number of carbonyl (C=O) groups excluding carboxylic acids is 2. The van der Waals surface area contributed by atoms with E-state index in [9.17, 15) is 18.0 Å². The number of aryl methyl sites for hydroxylation is 1. The summed E-state index contributed by atoms with van der Waals surface area (Å²) in [5.41, 5.74) is 2.67. The summed E-state index contributed by atoms with van der Waals surface area (Å²) in [6.45, 7) is 3.11. The highest BCUT2D eigenvalue weighted by atomic mass is 35.5. The van der Waals surface area contributed by atoms with Crippen molar-refractivity contribution in [1.82, 2.24) is 14.1 Å². The van der Waals surface area contributed by atoms with Crippen LogP contribution in [0.15, 0.2) is 83.8 Å². The molecule has 3 aromatic rings. The average Bonchev–Trinajstić information content (AvgIpc) is 2.99. The zero-order valence-electron chi connectivity index (χ0n) is 23.9. The van der Waals surface area contributed by atoms with Crippen LogP contribution in [0.3, 0.4) is 0 Å². The normalized spacial score (nSPS) is 14.1. The predicted molar refractivity (Wildman–Crippen MR) is 164 cm³/mol. The number of nitrogens with one attached hydrogen (secondary N) is 1. The lowest BCUT2D eigenvalue weighted by molar-refractivity contribution is -0.135. The van der Waals surface area contributed by atoms with Gasteiger partial charge in [-0.3, -0.25) is 4.79 Å². The molecule has 0 unspecified atom stereocenters. The molecule has 0 atom stereocenters. The molecule has 3 aromatic carbocycles. The maximum Gasteiger partial charge on any atom is 0.321 e. The summed E-state index contributed by atoms with van der Waals surface area (Å²) in [5.74, 6) is -0.298. The Labute approximate surface area is 253 Å². The second kappa shape index (κ2) is 14.6. The second-order valence-corrected chi connectivity index (χ2v) is 12.7. The van der Waals surface area contributed by atoms with E-state index >= 15 is 0 Å². The molecule has 1 saturated heterocycles. The number of anilines is 1. The number of hydrogen-bond acceptors (Lipinski definition) is 5. The second-order valence-electron chi connectivity index (χ2n) is 10.3. The molecule has 1 heterocycles. The number of methoxy groups -OCH3 is 1. The molecule has 42 heavy (non-hydrogen) atoms. The van der Waals surface area contributed by atoms with Crippen molar-refractivity contribution in [2.24, 2.45) is 0 Å². The Hall–Kier alpha value is -3.44. The fraction of sp³-hybridized carbons (Fsp3) is 0.355. The van der Waals surface area contributed by atoms with Gasteiger partial charge in [-0.2, -0.15) is 4.31 Å². The molecule has 3 amide bonds. The Balaban J connectivity index is 1.50. The summed E-state index contributed by atoms with van der Waals surface area (Å²) >= 11 is 6.05. The van der Waals surface area contributed by atoms with Gasteiger partial charge in [0.05, 0.1) is 18.0 Å². The third-order valence-electron chi connectivity index (χ3n) is 7.30. The first-order valence-corrected chi connectivity index (χ1v) is 15.7. The lowest BCUT2D eigenvalue weighted by Gasteiger charge is -2.39. The van der Waals surface area contributed by atoms with E-state index in [2.05, 4.69) is 5.32 Å². The Bertz CT molecular complexity index is 1450. The van der Waals surface area contributed by atoms with Crippen LogP contribution in [0.2, 0.25) is 5.02 Å². The lowest BCUT2D eigenvalue weighted by Crippen LogP contribution is -2.52. The summed E-state index contributed by atoms with van der Waals surface area (Å²) in [4.78, 5) is 30.4. The Kier molecular flexibility index (Phi) is 11.0. The van der Waals surface area contributed by atoms with Gasteiger partial charge in [-0.25, -0.2) is 13.2 Å². The number of urea groups is 1. The van der Waals surface area contributed by atoms with Gasteiger partial charge >= 0.3 is 6.03 Å². The van der Waals surface area contributed by atoms with E-state index in [1.54, 1.807) is 52.3 Å². The van der Waals surface area contributed by atoms with E-state index in [4.69, 9.17) is 16.3 Å². The van der Waals surface area contributed by atoms with E-state index in [0.717, 1.165) is 11.1 Å². The fourth-order valence-corrected chi connectivity index (χ4v) is 6.51. The number of sulfonamides is 1. The van der Waals surface area contributed by atoms with Crippen molar-refractivity contribution < 1.29 is 22.7 Å². The summed E-state index contributed by atoms with van der Waals surface area (Å²) in [6.07, 6.45) is 1.12. The van der Waals surface area contributed by atoms with Gasteiger partial charge in [0.15, 0.2) is 0 Å². The molecule has 0 spiro atoms. The number of hydrogen-bond donors (Lipinski definition) is 1. The van der Waals surface area contributed by atoms with E-state index in [1.807, 2.05) is 31.2 Å². The number of rotatable bonds is 11. The zero-order valence-corrected chi connectivity index (χ0v) is 25.5. The van der Waals surface area contributed by atoms with E-state index in [1.165, 1.54) is 23.5 Å². The van der Waals surface area contributed by atoms with Gasteiger partial charge in [-0.1, -0.05) is 65.7 Å². The van der Waals surface area contributed by atoms with Gasteiger partial charge in [0.2, 0.25) is 15.9 Å². The maximum absolute atomic E-state index is 13.9. The first kappa shape index (κ1) is 31.5. The summed E-state index contributed by atoms with van der Waals surface area (Å²) in [5, 5.41) is 3.41. The molecule has 0 bridgehead atoms. The molecular weight excluding hydrogens is 576 g/mol. The first-order chi connectivity index (χ1) is 20.2. The van der Waals surface area contributed by atoms with E-state index in [-0.39, 0.29) is 42.6 Å². The number of piperidine rings is 1. The van der Waals surface area contributed by atoms with Crippen LogP contribution >= 0.6 is 11.6 Å². The first-order valence-electron chi connectivity index (χ1n) is 13.9. The molecule has 1 N–H and O–H groups in total. The highest BCUT2D eigenvalue weighted by Crippen LogP contribution is 2.23. The van der Waals surface area contributed by atoms with Gasteiger partial charge < -0.3 is 19.9 Å². The summed E-state index contributed by atoms with van der Waals surface area (Å²) in [7, 11) is -2.43. The molecular formula is C31H37ClN4O5S. The Morgan fingerprint density at radius 1 is 1.00 bits per heavy atom. The van der Waals surface area contributed by atoms with Gasteiger partial charge in [0.1, 0.15) is 0 Å². The number of halogens is 1. The molecule has 9 nitrogen and oxygen atoms in total. The summed E-state index contributed by atoms with van der Waals surface area (Å²) in [6, 6.07) is 22.6. The molecule has 1 fully saturated rings. The highest BCUT2D eigenvalue weighted by Gasteiger charge is 2.33. The molecule has 1 aliphatic rings. The minimum atomic E-state index is -3.93. The molecule has 0 aromatic heterocycles. The largest absolute Gasteiger partial charge is 0.383 e. The number of ether oxygens (including phenoxy) is 1. The summed E-state index contributed by atoms with van der Waals surface area (Å²) < 4.78 is 33.3. The van der Waals surface area contributed by atoms with Crippen LogP contribution in [-0.4, -0.2) is 80.4 Å². The van der Waals surface area contributed by atoms with Crippen molar-refractivity contribution in [1.29, 1.82) is 0 Å². The third kappa shape index (κ3) is 8.32. The van der Waals surface area contributed by atoms with Crippen LogP contribution < -0.4 is 5.32 Å². The van der Waals surface area contributed by atoms with Gasteiger partial charge in [-0.05, 0) is 55.7 Å². The fourth-order valence-electron chi connectivity index (χ4n) is 4.92. The molecule has 4 rings (SSSR count). The minimum absolute atomic E-state index is 0.0416. The quantitative estimate of drug-likeness (QED) is 0.328. The lowest BCUT2D eigenvalue weighted by atomic mass is 10.0. The molecule has 11 heteroatoms. The topological polar surface area (TPSA) is 99.3 Å². The smallest absolute Gasteiger partial charge is 0.321 e. The number of likely N-dealkylation sites (tertiary alicyclic amines) is 1. The van der Waals surface area contributed by atoms with Gasteiger partial charge in [-0.15, -0.1) is 0 Å². The van der Waals surface area contributed by atoms with Crippen LogP contribution in [-0.2, 0) is 26.1 Å². The molecule has 0 saturated carbocycles. The van der Waals surface area contributed by atoms with Crippen LogP contribution in [0.4, 0.5) is 10.5 Å². The Morgan fingerprint density at radius 2 is 1.69 bits per heavy atom. The average molecular weight is 613 g/mol. The predicted octanol–water partition coefficient (Wildman–Crippen LogP) is 5.01. The molecule has 0 radical (unpaired) electrons. The van der Waals surface area contributed by atoms with Crippen LogP contribution in [0.1, 0.15) is 24.0 Å². The SMILES string of the molecule is COCCN(CC(=O)N(Cc1ccc(C)cc1)C1CCN(C(=O)Nc2cccc(Cl)c2)CC1)S(=O)(=O)c1ccccc1. The highest BCUT2D eigenvalue weighted by molar-refractivity contribution is 7.89. The van der Waals surface area contributed by atoms with Gasteiger partial charge in [0.25, 0.3) is 0 Å². The van der Waals surface area contributed by atoms with Crippen molar-refractivity contribution in [3.8, 4) is 0 Å². The van der Waals surface area contributed by atoms with Crippen molar-refractivity contribution in [2.45, 2.75) is 37.2 Å². The van der Waals surface area contributed by atoms with Crippen molar-refractivity contribution >= 4 is 39.2 Å². The van der Waals surface area contributed by atoms with Crippen LogP contribution in [0.25, 0.3) is 0 Å². The molecule has 1 aliphatic heterocycles. The number of carbonyl (C=O) groups is 2. The van der Waals surface area contributed by atoms with Crippen molar-refractivity contribution in [3.63, 3.8) is 0 Å². The molecule has 0 aliphatic carbocycles. The van der Waals surface area contributed by atoms with Gasteiger partial charge in [0, 0.05) is 50.0 Å². The zero-order chi connectivity index (χ0) is 30.1. The standard InChI is InChI=1S/C31H37ClN4O5S/c1-24-11-13-25(14-12-24)22-36(28-15-17-34(18-16-28)31(38)33-27-8-6-7-26(32)21-27)30(37)23-35(19-20-41-2)42(39,40)29-9-4-3-5-10-29/h3-14,21,28H,15-20,22-23H2,1-2H3,(H,33,38). The molecule has 224 valence electrons. The minimum Gasteiger partial charge on any atom is -0.383 e. The maximum atomic E-state index is 13.9. The third-order valence-corrected chi connectivity index (χ3v) is 9.39.